The fourth-order valence-electron chi connectivity index (χ4n) is 4.56. The molecule has 0 spiro atoms. The van der Waals surface area contributed by atoms with E-state index in [-0.39, 0.29) is 32.8 Å². The molecule has 3 atom stereocenters. The maximum atomic E-state index is 12.4. The maximum Gasteiger partial charge on any atom is 0.505 e. The number of carbonyl (C=O) groups is 4. The Morgan fingerprint density at radius 2 is 1.85 bits per heavy atom. The summed E-state index contributed by atoms with van der Waals surface area (Å²) < 4.78 is 4.90. The lowest BCUT2D eigenvalue weighted by atomic mass is 9.93. The number of carboxylic acid groups (broad SMARTS) is 1. The number of rotatable bonds is 6. The molecule has 2 N–H and O–H groups in total. The van der Waals surface area contributed by atoms with Gasteiger partial charge in [-0.2, -0.15) is 0 Å². The zero-order valence-corrected chi connectivity index (χ0v) is 18.5. The van der Waals surface area contributed by atoms with E-state index in [2.05, 4.69) is 17.5 Å². The number of hydrogen-bond donors (Lipinski definition) is 2. The molecule has 1 aromatic rings. The molecule has 8 heteroatoms. The molecule has 174 valence electrons. The molecule has 0 saturated heterocycles. The first-order chi connectivity index (χ1) is 15.9. The minimum absolute atomic E-state index is 0. The Balaban J connectivity index is 0.00000105. The summed E-state index contributed by atoms with van der Waals surface area (Å²) in [5.74, 6) is -0.291. The predicted octanol–water partition coefficient (Wildman–Crippen LogP) is 3.96. The molecule has 3 amide bonds. The molecule has 0 bridgehead atoms. The van der Waals surface area contributed by atoms with Crippen molar-refractivity contribution in [2.75, 3.05) is 18.5 Å². The smallest absolute Gasteiger partial charge is 0.450 e. The average molecular weight is 453 g/mol. The van der Waals surface area contributed by atoms with Crippen molar-refractivity contribution in [3.63, 3.8) is 0 Å². The number of hydrogen-bond acceptors (Lipinski definition) is 5. The number of anilines is 1. The lowest BCUT2D eigenvalue weighted by Crippen LogP contribution is -2.33. The van der Waals surface area contributed by atoms with Crippen molar-refractivity contribution in [1.82, 2.24) is 4.90 Å². The highest BCUT2D eigenvalue weighted by atomic mass is 16.7. The van der Waals surface area contributed by atoms with E-state index in [1.54, 1.807) is 0 Å². The van der Waals surface area contributed by atoms with E-state index >= 15 is 0 Å². The molecule has 5 rings (SSSR count). The largest absolute Gasteiger partial charge is 0.505 e. The third kappa shape index (κ3) is 4.46. The summed E-state index contributed by atoms with van der Waals surface area (Å²) in [6.45, 7) is 4.03. The van der Waals surface area contributed by atoms with E-state index in [0.29, 0.717) is 17.5 Å². The van der Waals surface area contributed by atoms with Gasteiger partial charge in [-0.15, -0.1) is 0 Å². The number of amides is 3. The standard InChI is InChI=1S/C23H20N2O6.C2H6.H2/c26-20(5-6-25-21(27)3-4-22(25)28)24-14-1-2-15-16-8-12-7-13(12)9-17(16)19(18(15)10-14)11-31-23(29)30;1-2;/h1-4,8-10,12-13,19H,5-7,11H2,(H,24,26)(H,29,30);1-2H3;1H. The van der Waals surface area contributed by atoms with Crippen molar-refractivity contribution in [2.45, 2.75) is 32.6 Å². The molecule has 1 heterocycles. The van der Waals surface area contributed by atoms with Gasteiger partial charge in [0.2, 0.25) is 5.91 Å². The van der Waals surface area contributed by atoms with Gasteiger partial charge in [0.05, 0.1) is 0 Å². The predicted molar refractivity (Wildman–Crippen MR) is 123 cm³/mol. The van der Waals surface area contributed by atoms with Crippen LogP contribution < -0.4 is 5.32 Å². The highest BCUT2D eigenvalue weighted by Gasteiger charge is 2.43. The number of benzene rings is 1. The monoisotopic (exact) mass is 452 g/mol. The first-order valence-electron chi connectivity index (χ1n) is 11.2. The van der Waals surface area contributed by atoms with Crippen LogP contribution in [0.2, 0.25) is 0 Å². The van der Waals surface area contributed by atoms with Crippen molar-refractivity contribution >= 4 is 35.1 Å². The van der Waals surface area contributed by atoms with Gasteiger partial charge in [0.1, 0.15) is 6.61 Å². The minimum atomic E-state index is -1.32. The Labute approximate surface area is 193 Å². The van der Waals surface area contributed by atoms with Gasteiger partial charge in [-0.05, 0) is 52.7 Å². The maximum absolute atomic E-state index is 12.4. The van der Waals surface area contributed by atoms with Crippen molar-refractivity contribution in [3.05, 3.63) is 59.2 Å². The van der Waals surface area contributed by atoms with Crippen LogP contribution in [0.15, 0.2) is 48.1 Å². The summed E-state index contributed by atoms with van der Waals surface area (Å²) >= 11 is 0. The van der Waals surface area contributed by atoms with Crippen LogP contribution in [-0.4, -0.2) is 47.0 Å². The average Bonchev–Trinajstić information content (AvgIpc) is 3.41. The van der Waals surface area contributed by atoms with Crippen molar-refractivity contribution < 1.29 is 30.4 Å². The van der Waals surface area contributed by atoms with Crippen LogP contribution in [-0.2, 0) is 19.1 Å². The summed E-state index contributed by atoms with van der Waals surface area (Å²) in [5.41, 5.74) is 4.76. The zero-order chi connectivity index (χ0) is 23.7. The quantitative estimate of drug-likeness (QED) is 0.499. The van der Waals surface area contributed by atoms with Gasteiger partial charge in [0.15, 0.2) is 0 Å². The molecule has 3 unspecified atom stereocenters. The van der Waals surface area contributed by atoms with Gasteiger partial charge < -0.3 is 15.2 Å². The highest BCUT2D eigenvalue weighted by Crippen LogP contribution is 2.56. The number of imide groups is 1. The Morgan fingerprint density at radius 3 is 2.55 bits per heavy atom. The van der Waals surface area contributed by atoms with Crippen LogP contribution in [0.4, 0.5) is 10.5 Å². The van der Waals surface area contributed by atoms with E-state index in [9.17, 15) is 19.2 Å². The van der Waals surface area contributed by atoms with Gasteiger partial charge >= 0.3 is 6.16 Å². The Hall–Kier alpha value is -3.68. The molecule has 1 saturated carbocycles. The lowest BCUT2D eigenvalue weighted by Gasteiger charge is -2.16. The van der Waals surface area contributed by atoms with Crippen LogP contribution >= 0.6 is 0 Å². The molecular formula is C25H28N2O6. The Kier molecular flexibility index (Phi) is 6.18. The number of carbonyl (C=O) groups excluding carboxylic acids is 3. The third-order valence-electron chi connectivity index (χ3n) is 6.19. The fourth-order valence-corrected chi connectivity index (χ4v) is 4.56. The lowest BCUT2D eigenvalue weighted by molar-refractivity contribution is -0.137. The van der Waals surface area contributed by atoms with Gasteiger partial charge in [-0.25, -0.2) is 4.79 Å². The molecule has 33 heavy (non-hydrogen) atoms. The molecule has 4 aliphatic rings. The summed E-state index contributed by atoms with van der Waals surface area (Å²) in [6.07, 6.45) is 6.66. The molecule has 1 aromatic carbocycles. The van der Waals surface area contributed by atoms with Gasteiger partial charge in [-0.1, -0.05) is 32.1 Å². The topological polar surface area (TPSA) is 113 Å². The van der Waals surface area contributed by atoms with Crippen LogP contribution in [0.1, 0.15) is 45.2 Å². The van der Waals surface area contributed by atoms with Crippen molar-refractivity contribution in [2.24, 2.45) is 11.8 Å². The molecule has 0 radical (unpaired) electrons. The number of fused-ring (bicyclic) bond motifs is 4. The van der Waals surface area contributed by atoms with Gasteiger partial charge in [0.25, 0.3) is 11.8 Å². The number of nitrogens with zero attached hydrogens (tertiary/aromatic N) is 1. The molecular weight excluding hydrogens is 424 g/mol. The Morgan fingerprint density at radius 1 is 1.15 bits per heavy atom. The first kappa shape index (κ1) is 22.5. The minimum Gasteiger partial charge on any atom is -0.450 e. The second-order valence-corrected chi connectivity index (χ2v) is 8.16. The van der Waals surface area contributed by atoms with Crippen LogP contribution in [0.3, 0.4) is 0 Å². The van der Waals surface area contributed by atoms with Gasteiger partial charge in [0, 0.05) is 38.1 Å². The molecule has 8 nitrogen and oxygen atoms in total. The molecule has 1 aliphatic heterocycles. The SMILES string of the molecule is CC.O=C(CCN1C(=O)C=CC1=O)Nc1ccc2c(c1)C(COC(=O)O)C1=CC3CC3C=C12.[HH]. The number of allylic oxidation sites excluding steroid dienone is 3. The van der Waals surface area contributed by atoms with Crippen LogP contribution in [0, 0.1) is 11.8 Å². The van der Waals surface area contributed by atoms with Crippen molar-refractivity contribution in [3.8, 4) is 0 Å². The second kappa shape index (κ2) is 9.05. The highest BCUT2D eigenvalue weighted by molar-refractivity contribution is 6.13. The normalized spacial score (nSPS) is 23.5. The molecule has 1 fully saturated rings. The summed E-state index contributed by atoms with van der Waals surface area (Å²) in [7, 11) is 0. The molecule has 3 aliphatic carbocycles. The fraction of sp³-hybridized carbons (Fsp3) is 0.360. The Bertz CT molecular complexity index is 1100. The van der Waals surface area contributed by atoms with E-state index in [1.165, 1.54) is 12.2 Å². The van der Waals surface area contributed by atoms with E-state index in [1.807, 2.05) is 32.0 Å². The summed E-state index contributed by atoms with van der Waals surface area (Å²) in [5, 5.41) is 11.8. The van der Waals surface area contributed by atoms with Crippen LogP contribution in [0.5, 0.6) is 0 Å². The van der Waals surface area contributed by atoms with E-state index < -0.39 is 18.0 Å². The van der Waals surface area contributed by atoms with Crippen molar-refractivity contribution in [1.29, 1.82) is 0 Å². The summed E-state index contributed by atoms with van der Waals surface area (Å²) in [4.78, 5) is 47.6. The number of nitrogens with one attached hydrogen (secondary N) is 1. The summed E-state index contributed by atoms with van der Waals surface area (Å²) in [6, 6.07) is 5.59. The second-order valence-electron chi connectivity index (χ2n) is 8.16. The molecule has 0 aromatic heterocycles. The first-order valence-corrected chi connectivity index (χ1v) is 11.2. The van der Waals surface area contributed by atoms with Crippen LogP contribution in [0.25, 0.3) is 5.57 Å². The third-order valence-corrected chi connectivity index (χ3v) is 6.19. The van der Waals surface area contributed by atoms with E-state index in [0.717, 1.165) is 33.6 Å². The number of ether oxygens (including phenoxy) is 1. The zero-order valence-electron chi connectivity index (χ0n) is 18.5. The van der Waals surface area contributed by atoms with Gasteiger partial charge in [-0.3, -0.25) is 19.3 Å². The van der Waals surface area contributed by atoms with E-state index in [4.69, 9.17) is 9.84 Å².